The zero-order valence-corrected chi connectivity index (χ0v) is 20.0. The average molecular weight is 508 g/mol. The Labute approximate surface area is 211 Å². The Bertz CT molecular complexity index is 1380. The van der Waals surface area contributed by atoms with Crippen LogP contribution in [0.15, 0.2) is 72.9 Å². The third-order valence-corrected chi connectivity index (χ3v) is 5.66. The maximum Gasteiger partial charge on any atom is 0.271 e. The molecule has 2 amide bonds. The van der Waals surface area contributed by atoms with E-state index in [1.807, 2.05) is 6.07 Å². The van der Waals surface area contributed by atoms with Crippen LogP contribution in [-0.2, 0) is 0 Å². The minimum Gasteiger partial charge on any atom is -0.396 e. The first kappa shape index (κ1) is 25.0. The Morgan fingerprint density at radius 3 is 2.53 bits per heavy atom. The van der Waals surface area contributed by atoms with Crippen LogP contribution in [0, 0.1) is 11.7 Å². The summed E-state index contributed by atoms with van der Waals surface area (Å²) in [5.74, 6) is -1.60. The Morgan fingerprint density at radius 2 is 1.83 bits per heavy atom. The normalized spacial score (nSPS) is 11.7. The average Bonchev–Trinajstić information content (AvgIpc) is 3.31. The summed E-state index contributed by atoms with van der Waals surface area (Å²) in [4.78, 5) is 30.0. The van der Waals surface area contributed by atoms with Crippen molar-refractivity contribution in [2.24, 2.45) is 5.92 Å². The van der Waals surface area contributed by atoms with Crippen LogP contribution in [0.4, 0.5) is 10.2 Å². The Kier molecular flexibility index (Phi) is 7.72. The summed E-state index contributed by atoms with van der Waals surface area (Å²) in [6, 6.07) is 17.8. The SMILES string of the molecule is CC(CO)CNC(=O)c1cc(NC(=O)c2cc(-c3ccccn3)c(F)cc2Cl)n(-c2ccccc2)n1. The van der Waals surface area contributed by atoms with Crippen LogP contribution >= 0.6 is 11.6 Å². The van der Waals surface area contributed by atoms with E-state index < -0.39 is 17.6 Å². The van der Waals surface area contributed by atoms with Crippen molar-refractivity contribution in [3.05, 3.63) is 95.0 Å². The van der Waals surface area contributed by atoms with Crippen LogP contribution in [0.25, 0.3) is 16.9 Å². The highest BCUT2D eigenvalue weighted by Crippen LogP contribution is 2.28. The molecule has 1 unspecified atom stereocenters. The van der Waals surface area contributed by atoms with Gasteiger partial charge in [-0.25, -0.2) is 9.07 Å². The van der Waals surface area contributed by atoms with E-state index in [1.54, 1.807) is 49.4 Å². The quantitative estimate of drug-likeness (QED) is 0.329. The van der Waals surface area contributed by atoms with Crippen molar-refractivity contribution in [1.82, 2.24) is 20.1 Å². The number of nitrogens with zero attached hydrogens (tertiary/aromatic N) is 3. The highest BCUT2D eigenvalue weighted by atomic mass is 35.5. The number of nitrogens with one attached hydrogen (secondary N) is 2. The molecule has 1 atom stereocenters. The van der Waals surface area contributed by atoms with Crippen molar-refractivity contribution in [1.29, 1.82) is 0 Å². The summed E-state index contributed by atoms with van der Waals surface area (Å²) < 4.78 is 16.0. The maximum absolute atomic E-state index is 14.6. The Balaban J connectivity index is 1.67. The maximum atomic E-state index is 14.6. The molecule has 0 aliphatic heterocycles. The van der Waals surface area contributed by atoms with Gasteiger partial charge in [0, 0.05) is 31.0 Å². The topological polar surface area (TPSA) is 109 Å². The molecule has 4 rings (SSSR count). The summed E-state index contributed by atoms with van der Waals surface area (Å²) in [6.07, 6.45) is 1.52. The number of rotatable bonds is 8. The minimum atomic E-state index is -0.616. The van der Waals surface area contributed by atoms with Gasteiger partial charge in [0.05, 0.1) is 22.0 Å². The van der Waals surface area contributed by atoms with Crippen molar-refractivity contribution in [2.45, 2.75) is 6.92 Å². The number of hydrogen-bond acceptors (Lipinski definition) is 5. The molecule has 4 aromatic rings. The highest BCUT2D eigenvalue weighted by Gasteiger charge is 2.21. The Morgan fingerprint density at radius 1 is 1.08 bits per heavy atom. The van der Waals surface area contributed by atoms with Crippen LogP contribution < -0.4 is 10.6 Å². The number of hydrogen-bond donors (Lipinski definition) is 3. The number of pyridine rings is 1. The predicted octanol–water partition coefficient (Wildman–Crippen LogP) is 4.34. The van der Waals surface area contributed by atoms with E-state index >= 15 is 0 Å². The molecular formula is C26H23ClFN5O3. The van der Waals surface area contributed by atoms with Crippen LogP contribution in [0.3, 0.4) is 0 Å². The zero-order chi connectivity index (χ0) is 25.7. The molecule has 2 aromatic heterocycles. The van der Waals surface area contributed by atoms with Gasteiger partial charge in [-0.1, -0.05) is 42.8 Å². The van der Waals surface area contributed by atoms with E-state index in [4.69, 9.17) is 11.6 Å². The smallest absolute Gasteiger partial charge is 0.271 e. The van der Waals surface area contributed by atoms with Gasteiger partial charge in [0.25, 0.3) is 11.8 Å². The fourth-order valence-corrected chi connectivity index (χ4v) is 3.63. The minimum absolute atomic E-state index is 0.0299. The number of aliphatic hydroxyl groups excluding tert-OH is 1. The lowest BCUT2D eigenvalue weighted by Gasteiger charge is -2.11. The van der Waals surface area contributed by atoms with Gasteiger partial charge in [-0.3, -0.25) is 14.6 Å². The van der Waals surface area contributed by atoms with Crippen LogP contribution in [0.1, 0.15) is 27.8 Å². The molecule has 3 N–H and O–H groups in total. The van der Waals surface area contributed by atoms with Crippen molar-refractivity contribution in [3.63, 3.8) is 0 Å². The number of aromatic nitrogens is 3. The molecule has 10 heteroatoms. The molecule has 0 bridgehead atoms. The number of benzene rings is 2. The van der Waals surface area contributed by atoms with Crippen molar-refractivity contribution in [2.75, 3.05) is 18.5 Å². The van der Waals surface area contributed by atoms with Gasteiger partial charge in [-0.05, 0) is 42.3 Å². The first-order valence-corrected chi connectivity index (χ1v) is 11.5. The molecule has 36 heavy (non-hydrogen) atoms. The summed E-state index contributed by atoms with van der Waals surface area (Å²) in [7, 11) is 0. The summed E-state index contributed by atoms with van der Waals surface area (Å²) in [5, 5.41) is 18.9. The van der Waals surface area contributed by atoms with Crippen molar-refractivity contribution < 1.29 is 19.1 Å². The van der Waals surface area contributed by atoms with E-state index in [-0.39, 0.29) is 46.7 Å². The zero-order valence-electron chi connectivity index (χ0n) is 19.3. The number of amides is 2. The van der Waals surface area contributed by atoms with Gasteiger partial charge in [-0.15, -0.1) is 0 Å². The van der Waals surface area contributed by atoms with E-state index in [9.17, 15) is 19.1 Å². The van der Waals surface area contributed by atoms with Crippen LogP contribution in [-0.4, -0.2) is 44.8 Å². The molecule has 184 valence electrons. The molecule has 0 saturated heterocycles. The number of anilines is 1. The number of para-hydroxylation sites is 1. The number of carbonyl (C=O) groups is 2. The van der Waals surface area contributed by atoms with Crippen LogP contribution in [0.5, 0.6) is 0 Å². The third-order valence-electron chi connectivity index (χ3n) is 5.35. The van der Waals surface area contributed by atoms with E-state index in [2.05, 4.69) is 20.7 Å². The van der Waals surface area contributed by atoms with E-state index in [1.165, 1.54) is 23.0 Å². The first-order chi connectivity index (χ1) is 17.4. The summed E-state index contributed by atoms with van der Waals surface area (Å²) >= 11 is 6.22. The molecule has 0 radical (unpaired) electrons. The summed E-state index contributed by atoms with van der Waals surface area (Å²) in [6.45, 7) is 1.98. The second-order valence-electron chi connectivity index (χ2n) is 8.14. The summed E-state index contributed by atoms with van der Waals surface area (Å²) in [5.41, 5.74) is 1.18. The number of aliphatic hydroxyl groups is 1. The lowest BCUT2D eigenvalue weighted by atomic mass is 10.1. The molecule has 2 heterocycles. The molecule has 0 fully saturated rings. The first-order valence-electron chi connectivity index (χ1n) is 11.1. The van der Waals surface area contributed by atoms with Gasteiger partial charge >= 0.3 is 0 Å². The fourth-order valence-electron chi connectivity index (χ4n) is 3.39. The highest BCUT2D eigenvalue weighted by molar-refractivity contribution is 6.34. The van der Waals surface area contributed by atoms with Gasteiger partial charge in [0.2, 0.25) is 0 Å². The number of carbonyl (C=O) groups excluding carboxylic acids is 2. The standard InChI is InChI=1S/C26H23ClFN5O3/c1-16(15-34)14-30-26(36)23-13-24(33(32-23)17-7-3-2-4-8-17)31-25(35)18-11-19(21(28)12-20(18)27)22-9-5-6-10-29-22/h2-13,16,34H,14-15H2,1H3,(H,30,36)(H,31,35). The Hall–Kier alpha value is -4.08. The third kappa shape index (κ3) is 5.59. The van der Waals surface area contributed by atoms with Gasteiger partial charge in [-0.2, -0.15) is 5.10 Å². The monoisotopic (exact) mass is 507 g/mol. The second kappa shape index (κ2) is 11.1. The van der Waals surface area contributed by atoms with Gasteiger partial charge in [0.15, 0.2) is 5.69 Å². The molecule has 0 spiro atoms. The fraction of sp³-hybridized carbons (Fsp3) is 0.154. The lowest BCUT2D eigenvalue weighted by molar-refractivity contribution is 0.0936. The molecule has 8 nitrogen and oxygen atoms in total. The molecular weight excluding hydrogens is 485 g/mol. The van der Waals surface area contributed by atoms with Crippen molar-refractivity contribution >= 4 is 29.2 Å². The van der Waals surface area contributed by atoms with E-state index in [0.29, 0.717) is 11.4 Å². The molecule has 2 aromatic carbocycles. The lowest BCUT2D eigenvalue weighted by Crippen LogP contribution is -2.29. The van der Waals surface area contributed by atoms with E-state index in [0.717, 1.165) is 6.07 Å². The van der Waals surface area contributed by atoms with Gasteiger partial charge in [0.1, 0.15) is 11.6 Å². The predicted molar refractivity (Wildman–Crippen MR) is 135 cm³/mol. The van der Waals surface area contributed by atoms with Crippen molar-refractivity contribution in [3.8, 4) is 16.9 Å². The molecule has 0 aliphatic carbocycles. The second-order valence-corrected chi connectivity index (χ2v) is 8.55. The number of halogens is 2. The van der Waals surface area contributed by atoms with Crippen LogP contribution in [0.2, 0.25) is 5.02 Å². The molecule has 0 aliphatic rings. The largest absolute Gasteiger partial charge is 0.396 e. The van der Waals surface area contributed by atoms with Gasteiger partial charge < -0.3 is 15.7 Å². The molecule has 0 saturated carbocycles.